The zero-order valence-corrected chi connectivity index (χ0v) is 11.6. The van der Waals surface area contributed by atoms with Crippen LogP contribution in [0.15, 0.2) is 29.6 Å². The van der Waals surface area contributed by atoms with Crippen molar-refractivity contribution in [3.05, 3.63) is 40.1 Å². The van der Waals surface area contributed by atoms with E-state index in [9.17, 15) is 13.2 Å². The van der Waals surface area contributed by atoms with Crippen molar-refractivity contribution in [3.63, 3.8) is 0 Å². The van der Waals surface area contributed by atoms with E-state index in [-0.39, 0.29) is 11.6 Å². The molecule has 0 aliphatic rings. The lowest BCUT2D eigenvalue weighted by Crippen LogP contribution is -2.22. The molecule has 0 radical (unpaired) electrons. The highest BCUT2D eigenvalue weighted by atomic mass is 32.1. The number of thiophene rings is 1. The first-order valence-corrected chi connectivity index (χ1v) is 6.82. The number of halogens is 3. The summed E-state index contributed by atoms with van der Waals surface area (Å²) in [5.74, 6) is 0.103. The molecule has 2 rings (SSSR count). The number of pyridine rings is 1. The molecule has 3 nitrogen and oxygen atoms in total. The highest BCUT2D eigenvalue weighted by Crippen LogP contribution is 2.32. The van der Waals surface area contributed by atoms with Gasteiger partial charge in [0.1, 0.15) is 11.6 Å². The number of anilines is 2. The molecule has 2 aromatic heterocycles. The molecule has 2 N–H and O–H groups in total. The van der Waals surface area contributed by atoms with Crippen molar-refractivity contribution in [2.45, 2.75) is 12.6 Å². The Labute approximate surface area is 118 Å². The van der Waals surface area contributed by atoms with Gasteiger partial charge in [0.15, 0.2) is 0 Å². The van der Waals surface area contributed by atoms with E-state index in [0.29, 0.717) is 6.54 Å². The minimum Gasteiger partial charge on any atom is -0.384 e. The molecule has 0 aliphatic heterocycles. The zero-order chi connectivity index (χ0) is 14.8. The van der Waals surface area contributed by atoms with Gasteiger partial charge < -0.3 is 10.6 Å². The van der Waals surface area contributed by atoms with Crippen molar-refractivity contribution in [2.75, 3.05) is 24.2 Å². The summed E-state index contributed by atoms with van der Waals surface area (Å²) in [5.41, 5.74) is 4.67. The number of nitrogens with zero attached hydrogens (tertiary/aromatic N) is 2. The topological polar surface area (TPSA) is 42.1 Å². The summed E-state index contributed by atoms with van der Waals surface area (Å²) in [5, 5.41) is 1.97. The molecule has 108 valence electrons. The van der Waals surface area contributed by atoms with Gasteiger partial charge in [0, 0.05) is 18.5 Å². The number of hydrogen-bond acceptors (Lipinski definition) is 4. The van der Waals surface area contributed by atoms with Crippen LogP contribution in [0.5, 0.6) is 0 Å². The molecule has 0 aromatic carbocycles. The van der Waals surface area contributed by atoms with Crippen molar-refractivity contribution in [3.8, 4) is 0 Å². The van der Waals surface area contributed by atoms with Crippen molar-refractivity contribution in [2.24, 2.45) is 0 Å². The maximum absolute atomic E-state index is 12.7. The maximum Gasteiger partial charge on any atom is 0.416 e. The van der Waals surface area contributed by atoms with Gasteiger partial charge in [-0.05, 0) is 30.0 Å². The molecule has 0 aliphatic carbocycles. The van der Waals surface area contributed by atoms with E-state index in [1.165, 1.54) is 4.88 Å². The van der Waals surface area contributed by atoms with Crippen molar-refractivity contribution >= 4 is 23.0 Å². The van der Waals surface area contributed by atoms with Gasteiger partial charge in [0.2, 0.25) is 0 Å². The molecule has 0 saturated heterocycles. The zero-order valence-electron chi connectivity index (χ0n) is 10.8. The largest absolute Gasteiger partial charge is 0.416 e. The van der Waals surface area contributed by atoms with Crippen molar-refractivity contribution in [1.29, 1.82) is 0 Å². The summed E-state index contributed by atoms with van der Waals surface area (Å²) < 4.78 is 38.2. The first-order chi connectivity index (χ1) is 9.36. The predicted octanol–water partition coefficient (Wildman–Crippen LogP) is 3.42. The molecular formula is C13H14F3N3S. The Balaban J connectivity index is 2.13. The summed E-state index contributed by atoms with van der Waals surface area (Å²) in [6.45, 7) is 0.578. The number of aromatic nitrogens is 1. The SMILES string of the molecule is CN(CCc1cccs1)c1cc(C(F)(F)F)cc(N)n1. The lowest BCUT2D eigenvalue weighted by molar-refractivity contribution is -0.137. The molecule has 0 fully saturated rings. The van der Waals surface area contributed by atoms with Gasteiger partial charge in [-0.15, -0.1) is 11.3 Å². The second kappa shape index (κ2) is 5.70. The van der Waals surface area contributed by atoms with Crippen LogP contribution in [0.25, 0.3) is 0 Å². The summed E-state index contributed by atoms with van der Waals surface area (Å²) >= 11 is 1.62. The van der Waals surface area contributed by atoms with E-state index >= 15 is 0 Å². The standard InChI is InChI=1S/C13H14F3N3S/c1-19(5-4-10-3-2-6-20-10)12-8-9(13(14,15)16)7-11(17)18-12/h2-3,6-8H,4-5H2,1H3,(H2,17,18). The fourth-order valence-electron chi connectivity index (χ4n) is 1.74. The Morgan fingerprint density at radius 2 is 2.10 bits per heavy atom. The Kier molecular flexibility index (Phi) is 4.17. The summed E-state index contributed by atoms with van der Waals surface area (Å²) in [6.07, 6.45) is -3.66. The Hall–Kier alpha value is -1.76. The predicted molar refractivity (Wildman–Crippen MR) is 74.9 cm³/mol. The third-order valence-corrected chi connectivity index (χ3v) is 3.76. The number of nitrogens with two attached hydrogens (primary N) is 1. The van der Waals surface area contributed by atoms with E-state index in [4.69, 9.17) is 5.73 Å². The first kappa shape index (κ1) is 14.6. The third kappa shape index (κ3) is 3.63. The van der Waals surface area contributed by atoms with Crippen LogP contribution in [-0.2, 0) is 12.6 Å². The van der Waals surface area contributed by atoms with E-state index in [2.05, 4.69) is 4.98 Å². The monoisotopic (exact) mass is 301 g/mol. The van der Waals surface area contributed by atoms with Gasteiger partial charge in [-0.2, -0.15) is 13.2 Å². The fourth-order valence-corrected chi connectivity index (χ4v) is 2.44. The average molecular weight is 301 g/mol. The van der Waals surface area contributed by atoms with Crippen LogP contribution in [0.3, 0.4) is 0 Å². The summed E-state index contributed by atoms with van der Waals surface area (Å²) in [6, 6.07) is 5.80. The maximum atomic E-state index is 12.7. The van der Waals surface area contributed by atoms with E-state index < -0.39 is 11.7 Å². The Morgan fingerprint density at radius 3 is 2.70 bits per heavy atom. The van der Waals surface area contributed by atoms with Gasteiger partial charge in [-0.1, -0.05) is 6.07 Å². The van der Waals surface area contributed by atoms with Crippen LogP contribution in [0, 0.1) is 0 Å². The molecule has 7 heteroatoms. The molecule has 2 heterocycles. The van der Waals surface area contributed by atoms with Crippen LogP contribution in [0.4, 0.5) is 24.8 Å². The lowest BCUT2D eigenvalue weighted by atomic mass is 10.2. The quantitative estimate of drug-likeness (QED) is 0.941. The fraction of sp³-hybridized carbons (Fsp3) is 0.308. The highest BCUT2D eigenvalue weighted by Gasteiger charge is 2.31. The van der Waals surface area contributed by atoms with Crippen LogP contribution in [0.2, 0.25) is 0 Å². The van der Waals surface area contributed by atoms with Crippen molar-refractivity contribution < 1.29 is 13.2 Å². The van der Waals surface area contributed by atoms with Gasteiger partial charge >= 0.3 is 6.18 Å². The molecule has 20 heavy (non-hydrogen) atoms. The molecule has 2 aromatic rings. The lowest BCUT2D eigenvalue weighted by Gasteiger charge is -2.19. The third-order valence-electron chi connectivity index (χ3n) is 2.82. The Morgan fingerprint density at radius 1 is 1.35 bits per heavy atom. The first-order valence-electron chi connectivity index (χ1n) is 5.94. The van der Waals surface area contributed by atoms with Crippen LogP contribution < -0.4 is 10.6 Å². The number of alkyl halides is 3. The van der Waals surface area contributed by atoms with Crippen LogP contribution in [-0.4, -0.2) is 18.6 Å². The minimum absolute atomic E-state index is 0.127. The minimum atomic E-state index is -4.42. The van der Waals surface area contributed by atoms with E-state index in [1.807, 2.05) is 17.5 Å². The second-order valence-electron chi connectivity index (χ2n) is 4.39. The molecule has 0 amide bonds. The molecule has 0 bridgehead atoms. The highest BCUT2D eigenvalue weighted by molar-refractivity contribution is 7.09. The van der Waals surface area contributed by atoms with E-state index in [1.54, 1.807) is 23.3 Å². The summed E-state index contributed by atoms with van der Waals surface area (Å²) in [4.78, 5) is 6.80. The second-order valence-corrected chi connectivity index (χ2v) is 5.42. The van der Waals surface area contributed by atoms with Gasteiger partial charge in [0.05, 0.1) is 5.56 Å². The number of likely N-dealkylation sites (N-methyl/N-ethyl adjacent to an activating group) is 1. The van der Waals surface area contributed by atoms with Crippen LogP contribution in [0.1, 0.15) is 10.4 Å². The van der Waals surface area contributed by atoms with E-state index in [0.717, 1.165) is 18.6 Å². The van der Waals surface area contributed by atoms with Gasteiger partial charge in [-0.25, -0.2) is 4.98 Å². The molecular weight excluding hydrogens is 287 g/mol. The molecule has 0 unspecified atom stereocenters. The summed E-state index contributed by atoms with van der Waals surface area (Å²) in [7, 11) is 1.70. The molecule has 0 atom stereocenters. The normalized spacial score (nSPS) is 11.6. The Bertz CT molecular complexity index is 567. The smallest absolute Gasteiger partial charge is 0.384 e. The number of rotatable bonds is 4. The molecule has 0 saturated carbocycles. The van der Waals surface area contributed by atoms with Gasteiger partial charge in [0.25, 0.3) is 0 Å². The number of nitrogen functional groups attached to an aromatic ring is 1. The molecule has 0 spiro atoms. The number of hydrogen-bond donors (Lipinski definition) is 1. The van der Waals surface area contributed by atoms with Crippen molar-refractivity contribution in [1.82, 2.24) is 4.98 Å². The van der Waals surface area contributed by atoms with Gasteiger partial charge in [-0.3, -0.25) is 0 Å². The van der Waals surface area contributed by atoms with Crippen LogP contribution >= 0.6 is 11.3 Å². The average Bonchev–Trinajstić information content (AvgIpc) is 2.87.